The van der Waals surface area contributed by atoms with Crippen molar-refractivity contribution in [1.82, 2.24) is 0 Å². The van der Waals surface area contributed by atoms with Crippen LogP contribution in [0.1, 0.15) is 63.0 Å². The molecule has 0 saturated heterocycles. The lowest BCUT2D eigenvalue weighted by Gasteiger charge is -2.07. The molecule has 1 rings (SSSR count). The Morgan fingerprint density at radius 1 is 0.889 bits per heavy atom. The quantitative estimate of drug-likeness (QED) is 0.365. The zero-order valence-electron chi connectivity index (χ0n) is 12.0. The highest BCUT2D eigenvalue weighted by atomic mass is 14.0. The van der Waals surface area contributed by atoms with Crippen LogP contribution >= 0.6 is 0 Å². The van der Waals surface area contributed by atoms with Gasteiger partial charge in [-0.15, -0.1) is 6.58 Å². The Hall–Kier alpha value is -1.04. The first-order valence-electron chi connectivity index (χ1n) is 7.56. The Balaban J connectivity index is 2.20. The minimum Gasteiger partial charge on any atom is -0.103 e. The zero-order chi connectivity index (χ0) is 13.1. The minimum atomic E-state index is 1.01. The molecule has 1 aromatic carbocycles. The van der Waals surface area contributed by atoms with Crippen LogP contribution in [0.5, 0.6) is 0 Å². The fourth-order valence-corrected chi connectivity index (χ4v) is 2.43. The Morgan fingerprint density at radius 2 is 1.50 bits per heavy atom. The smallest absolute Gasteiger partial charge is 0.00974 e. The van der Waals surface area contributed by atoms with Crippen LogP contribution in [0.2, 0.25) is 0 Å². The van der Waals surface area contributed by atoms with E-state index in [2.05, 4.69) is 37.8 Å². The number of aryl methyl sites for hydroxylation is 1. The molecule has 0 bridgehead atoms. The van der Waals surface area contributed by atoms with Crippen molar-refractivity contribution in [3.05, 3.63) is 48.0 Å². The highest BCUT2D eigenvalue weighted by molar-refractivity contribution is 5.28. The Labute approximate surface area is 113 Å². The maximum atomic E-state index is 3.84. The van der Waals surface area contributed by atoms with E-state index in [-0.39, 0.29) is 0 Å². The average molecular weight is 244 g/mol. The standard InChI is InChI=1S/C18H28/c1-3-5-6-7-8-9-10-14-18-16-12-11-15-17(18)13-4-2/h4,11-12,15-16H,2-3,5-10,13-14H2,1H3. The number of hydrogen-bond donors (Lipinski definition) is 0. The molecule has 0 aliphatic heterocycles. The van der Waals surface area contributed by atoms with Gasteiger partial charge in [0.1, 0.15) is 0 Å². The van der Waals surface area contributed by atoms with Gasteiger partial charge in [-0.25, -0.2) is 0 Å². The average Bonchev–Trinajstić information content (AvgIpc) is 2.40. The SMILES string of the molecule is C=CCc1ccccc1CCCCCCCCC. The molecule has 0 heterocycles. The molecule has 0 aromatic heterocycles. The van der Waals surface area contributed by atoms with Crippen molar-refractivity contribution in [1.29, 1.82) is 0 Å². The van der Waals surface area contributed by atoms with Gasteiger partial charge in [-0.1, -0.05) is 75.8 Å². The zero-order valence-corrected chi connectivity index (χ0v) is 12.0. The molecule has 0 N–H and O–H groups in total. The number of benzene rings is 1. The molecule has 18 heavy (non-hydrogen) atoms. The number of allylic oxidation sites excluding steroid dienone is 1. The third-order valence-corrected chi connectivity index (χ3v) is 3.53. The molecule has 0 atom stereocenters. The second-order valence-corrected chi connectivity index (χ2v) is 5.13. The first-order chi connectivity index (χ1) is 8.88. The normalized spacial score (nSPS) is 10.5. The summed E-state index contributed by atoms with van der Waals surface area (Å²) in [6, 6.07) is 8.80. The van der Waals surface area contributed by atoms with Crippen molar-refractivity contribution >= 4 is 0 Å². The molecule has 0 heteroatoms. The van der Waals surface area contributed by atoms with Gasteiger partial charge in [-0.2, -0.15) is 0 Å². The predicted molar refractivity (Wildman–Crippen MR) is 82.0 cm³/mol. The van der Waals surface area contributed by atoms with Gasteiger partial charge in [0.25, 0.3) is 0 Å². The van der Waals surface area contributed by atoms with E-state index in [1.54, 1.807) is 0 Å². The summed E-state index contributed by atoms with van der Waals surface area (Å²) < 4.78 is 0. The summed E-state index contributed by atoms with van der Waals surface area (Å²) in [5.41, 5.74) is 2.98. The topological polar surface area (TPSA) is 0 Å². The summed E-state index contributed by atoms with van der Waals surface area (Å²) in [6.45, 7) is 6.11. The van der Waals surface area contributed by atoms with E-state index in [4.69, 9.17) is 0 Å². The van der Waals surface area contributed by atoms with Crippen molar-refractivity contribution in [2.24, 2.45) is 0 Å². The summed E-state index contributed by atoms with van der Waals surface area (Å²) in [5.74, 6) is 0. The fraction of sp³-hybridized carbons (Fsp3) is 0.556. The molecule has 0 aliphatic rings. The van der Waals surface area contributed by atoms with E-state index < -0.39 is 0 Å². The van der Waals surface area contributed by atoms with Crippen molar-refractivity contribution < 1.29 is 0 Å². The van der Waals surface area contributed by atoms with Crippen molar-refractivity contribution in [3.8, 4) is 0 Å². The van der Waals surface area contributed by atoms with Crippen LogP contribution in [-0.4, -0.2) is 0 Å². The minimum absolute atomic E-state index is 1.01. The number of hydrogen-bond acceptors (Lipinski definition) is 0. The third kappa shape index (κ3) is 6.05. The molecule has 0 fully saturated rings. The van der Waals surface area contributed by atoms with Crippen LogP contribution < -0.4 is 0 Å². The van der Waals surface area contributed by atoms with Crippen LogP contribution in [0, 0.1) is 0 Å². The van der Waals surface area contributed by atoms with E-state index in [9.17, 15) is 0 Å². The molecule has 0 radical (unpaired) electrons. The fourth-order valence-electron chi connectivity index (χ4n) is 2.43. The summed E-state index contributed by atoms with van der Waals surface area (Å²) in [5, 5.41) is 0. The molecular formula is C18H28. The molecular weight excluding hydrogens is 216 g/mol. The summed E-state index contributed by atoms with van der Waals surface area (Å²) in [7, 11) is 0. The molecule has 1 aromatic rings. The van der Waals surface area contributed by atoms with Gasteiger partial charge in [0.2, 0.25) is 0 Å². The summed E-state index contributed by atoms with van der Waals surface area (Å²) in [6.07, 6.45) is 14.0. The Morgan fingerprint density at radius 3 is 2.17 bits per heavy atom. The largest absolute Gasteiger partial charge is 0.103 e. The molecule has 0 aliphatic carbocycles. The molecule has 0 unspecified atom stereocenters. The highest BCUT2D eigenvalue weighted by Crippen LogP contribution is 2.15. The van der Waals surface area contributed by atoms with E-state index in [1.807, 2.05) is 6.08 Å². The van der Waals surface area contributed by atoms with E-state index in [0.29, 0.717) is 0 Å². The first-order valence-corrected chi connectivity index (χ1v) is 7.56. The monoisotopic (exact) mass is 244 g/mol. The molecule has 100 valence electrons. The van der Waals surface area contributed by atoms with Crippen molar-refractivity contribution in [3.63, 3.8) is 0 Å². The van der Waals surface area contributed by atoms with Gasteiger partial charge >= 0.3 is 0 Å². The lowest BCUT2D eigenvalue weighted by atomic mass is 9.98. The van der Waals surface area contributed by atoms with Gasteiger partial charge < -0.3 is 0 Å². The van der Waals surface area contributed by atoms with Crippen molar-refractivity contribution in [2.75, 3.05) is 0 Å². The van der Waals surface area contributed by atoms with Crippen LogP contribution in [0.25, 0.3) is 0 Å². The lowest BCUT2D eigenvalue weighted by molar-refractivity contribution is 0.589. The Kier molecular flexibility index (Phi) is 8.29. The maximum Gasteiger partial charge on any atom is -0.00974 e. The van der Waals surface area contributed by atoms with Crippen LogP contribution in [0.15, 0.2) is 36.9 Å². The van der Waals surface area contributed by atoms with Gasteiger partial charge in [-0.3, -0.25) is 0 Å². The second-order valence-electron chi connectivity index (χ2n) is 5.13. The van der Waals surface area contributed by atoms with Crippen LogP contribution in [0.3, 0.4) is 0 Å². The van der Waals surface area contributed by atoms with E-state index in [1.165, 1.54) is 62.5 Å². The Bertz CT molecular complexity index is 325. The number of rotatable bonds is 10. The molecule has 0 saturated carbocycles. The predicted octanol–water partition coefficient (Wildman–Crippen LogP) is 5.71. The molecule has 0 amide bonds. The summed E-state index contributed by atoms with van der Waals surface area (Å²) >= 11 is 0. The number of unbranched alkanes of at least 4 members (excludes halogenated alkanes) is 6. The lowest BCUT2D eigenvalue weighted by Crippen LogP contribution is -1.93. The molecule has 0 spiro atoms. The van der Waals surface area contributed by atoms with Gasteiger partial charge in [-0.05, 0) is 30.4 Å². The van der Waals surface area contributed by atoms with Crippen molar-refractivity contribution in [2.45, 2.75) is 64.7 Å². The molecule has 0 nitrogen and oxygen atoms in total. The van der Waals surface area contributed by atoms with Gasteiger partial charge in [0.05, 0.1) is 0 Å². The maximum absolute atomic E-state index is 3.84. The van der Waals surface area contributed by atoms with Gasteiger partial charge in [0.15, 0.2) is 0 Å². The third-order valence-electron chi connectivity index (χ3n) is 3.53. The van der Waals surface area contributed by atoms with Crippen LogP contribution in [-0.2, 0) is 12.8 Å². The summed E-state index contributed by atoms with van der Waals surface area (Å²) in [4.78, 5) is 0. The first kappa shape index (κ1) is 15.0. The van der Waals surface area contributed by atoms with E-state index >= 15 is 0 Å². The highest BCUT2D eigenvalue weighted by Gasteiger charge is 1.99. The second kappa shape index (κ2) is 9.94. The van der Waals surface area contributed by atoms with E-state index in [0.717, 1.165) is 6.42 Å². The van der Waals surface area contributed by atoms with Gasteiger partial charge in [0, 0.05) is 0 Å². The van der Waals surface area contributed by atoms with Crippen LogP contribution in [0.4, 0.5) is 0 Å².